The second kappa shape index (κ2) is 9.51. The predicted octanol–water partition coefficient (Wildman–Crippen LogP) is 5.52. The van der Waals surface area contributed by atoms with Crippen molar-refractivity contribution in [3.8, 4) is 0 Å². The van der Waals surface area contributed by atoms with Crippen molar-refractivity contribution in [2.24, 2.45) is 5.92 Å². The van der Waals surface area contributed by atoms with E-state index in [9.17, 15) is 18.0 Å². The number of carbonyl (C=O) groups is 1. The summed E-state index contributed by atoms with van der Waals surface area (Å²) < 4.78 is 41.8. The van der Waals surface area contributed by atoms with Gasteiger partial charge in [-0.15, -0.1) is 0 Å². The van der Waals surface area contributed by atoms with Crippen LogP contribution in [0.4, 0.5) is 18.9 Å². The molecule has 2 heterocycles. The van der Waals surface area contributed by atoms with Gasteiger partial charge in [-0.1, -0.05) is 23.7 Å². The molecule has 0 saturated carbocycles. The highest BCUT2D eigenvalue weighted by atomic mass is 35.5. The molecule has 1 fully saturated rings. The number of thioether (sulfide) groups is 1. The molecule has 1 saturated heterocycles. The second-order valence-electron chi connectivity index (χ2n) is 8.38. The first-order chi connectivity index (χ1) is 15.2. The van der Waals surface area contributed by atoms with Crippen LogP contribution in [0.3, 0.4) is 0 Å². The molecule has 1 amide bonds. The Bertz CT molecular complexity index is 964. The molecule has 2 atom stereocenters. The molecule has 0 radical (unpaired) electrons. The summed E-state index contributed by atoms with van der Waals surface area (Å²) in [5.74, 6) is 0.783. The maximum Gasteiger partial charge on any atom is 0.414 e. The van der Waals surface area contributed by atoms with Crippen LogP contribution in [0.2, 0.25) is 5.02 Å². The van der Waals surface area contributed by atoms with Crippen molar-refractivity contribution in [2.75, 3.05) is 23.9 Å². The van der Waals surface area contributed by atoms with Gasteiger partial charge < -0.3 is 10.2 Å². The maximum absolute atomic E-state index is 13.9. The number of fused-ring (bicyclic) bond motifs is 1. The first-order valence-corrected chi connectivity index (χ1v) is 12.2. The number of hydrogen-bond acceptors (Lipinski definition) is 4. The van der Waals surface area contributed by atoms with Crippen molar-refractivity contribution in [1.82, 2.24) is 9.88 Å². The van der Waals surface area contributed by atoms with Crippen LogP contribution in [0.25, 0.3) is 0 Å². The van der Waals surface area contributed by atoms with E-state index in [-0.39, 0.29) is 17.7 Å². The summed E-state index contributed by atoms with van der Waals surface area (Å²) in [5, 5.41) is 4.07. The summed E-state index contributed by atoms with van der Waals surface area (Å²) in [7, 11) is 1.23. The lowest BCUT2D eigenvalue weighted by atomic mass is 9.99. The van der Waals surface area contributed by atoms with Gasteiger partial charge in [0.2, 0.25) is 5.91 Å². The van der Waals surface area contributed by atoms with E-state index in [0.29, 0.717) is 18.5 Å². The average molecular weight is 484 g/mol. The number of pyridine rings is 1. The van der Waals surface area contributed by atoms with E-state index in [0.717, 1.165) is 39.8 Å². The zero-order chi connectivity index (χ0) is 22.9. The van der Waals surface area contributed by atoms with E-state index in [1.165, 1.54) is 24.9 Å². The fourth-order valence-corrected chi connectivity index (χ4v) is 5.92. The molecule has 1 aromatic heterocycles. The van der Waals surface area contributed by atoms with Gasteiger partial charge in [-0.2, -0.15) is 24.9 Å². The number of halogens is 4. The normalized spacial score (nSPS) is 20.0. The Balaban J connectivity index is 1.47. The zero-order valence-corrected chi connectivity index (χ0v) is 19.2. The molecule has 4 nitrogen and oxygen atoms in total. The van der Waals surface area contributed by atoms with Crippen molar-refractivity contribution in [1.29, 1.82) is 0 Å². The van der Waals surface area contributed by atoms with Crippen molar-refractivity contribution >= 4 is 35.0 Å². The lowest BCUT2D eigenvalue weighted by Crippen LogP contribution is -2.43. The van der Waals surface area contributed by atoms with Gasteiger partial charge in [-0.3, -0.25) is 9.78 Å². The lowest BCUT2D eigenvalue weighted by Gasteiger charge is -2.33. The van der Waals surface area contributed by atoms with E-state index < -0.39 is 18.1 Å². The van der Waals surface area contributed by atoms with Gasteiger partial charge in [0.25, 0.3) is 0 Å². The molecule has 0 spiro atoms. The summed E-state index contributed by atoms with van der Waals surface area (Å²) in [6.07, 6.45) is -0.433. The number of aromatic nitrogens is 1. The Morgan fingerprint density at radius 3 is 2.59 bits per heavy atom. The van der Waals surface area contributed by atoms with Crippen molar-refractivity contribution < 1.29 is 18.0 Å². The minimum Gasteiger partial charge on any atom is -0.380 e. The Morgan fingerprint density at radius 1 is 1.22 bits per heavy atom. The molecule has 2 aromatic rings. The first kappa shape index (κ1) is 23.2. The average Bonchev–Trinajstić information content (AvgIpc) is 3.18. The topological polar surface area (TPSA) is 45.2 Å². The number of nitrogens with one attached hydrogen (secondary N) is 1. The van der Waals surface area contributed by atoms with Crippen LogP contribution < -0.4 is 5.32 Å². The van der Waals surface area contributed by atoms with Crippen molar-refractivity contribution in [2.45, 2.75) is 43.9 Å². The van der Waals surface area contributed by atoms with Gasteiger partial charge in [0, 0.05) is 24.0 Å². The zero-order valence-electron chi connectivity index (χ0n) is 17.7. The van der Waals surface area contributed by atoms with Crippen LogP contribution in [0.15, 0.2) is 36.5 Å². The summed E-state index contributed by atoms with van der Waals surface area (Å²) in [6.45, 7) is 0. The van der Waals surface area contributed by atoms with Gasteiger partial charge in [0.1, 0.15) is 0 Å². The highest BCUT2D eigenvalue weighted by molar-refractivity contribution is 7.99. The molecule has 1 aliphatic carbocycles. The largest absolute Gasteiger partial charge is 0.414 e. The predicted molar refractivity (Wildman–Crippen MR) is 122 cm³/mol. The molecular formula is C23H25ClF3N3OS. The molecule has 172 valence electrons. The molecular weight excluding hydrogens is 459 g/mol. The van der Waals surface area contributed by atoms with E-state index in [1.807, 2.05) is 18.2 Å². The molecule has 9 heteroatoms. The lowest BCUT2D eigenvalue weighted by molar-refractivity contribution is -0.191. The third-order valence-corrected chi connectivity index (χ3v) is 7.59. The Morgan fingerprint density at radius 2 is 1.97 bits per heavy atom. The second-order valence-corrected chi connectivity index (χ2v) is 10.0. The molecule has 1 unspecified atom stereocenters. The fraction of sp³-hybridized carbons (Fsp3) is 0.478. The number of carbonyl (C=O) groups excluding carboxylic acids is 1. The minimum absolute atomic E-state index is 0.101. The number of alkyl halides is 3. The van der Waals surface area contributed by atoms with Gasteiger partial charge in [-0.25, -0.2) is 0 Å². The van der Waals surface area contributed by atoms with Crippen molar-refractivity contribution in [3.63, 3.8) is 0 Å². The smallest absolute Gasteiger partial charge is 0.380 e. The summed E-state index contributed by atoms with van der Waals surface area (Å²) in [5.41, 5.74) is 2.75. The van der Waals surface area contributed by atoms with Crippen LogP contribution >= 0.6 is 23.4 Å². The number of nitrogens with zero attached hydrogens (tertiary/aromatic N) is 2. The molecule has 0 bridgehead atoms. The number of hydrogen-bond donors (Lipinski definition) is 1. The maximum atomic E-state index is 13.9. The molecule has 32 heavy (non-hydrogen) atoms. The van der Waals surface area contributed by atoms with E-state index in [1.54, 1.807) is 17.8 Å². The van der Waals surface area contributed by atoms with E-state index in [2.05, 4.69) is 10.3 Å². The molecule has 1 N–H and O–H groups in total. The van der Waals surface area contributed by atoms with Crippen LogP contribution in [-0.2, 0) is 17.6 Å². The highest BCUT2D eigenvalue weighted by Crippen LogP contribution is 2.38. The number of rotatable bonds is 5. The van der Waals surface area contributed by atoms with Gasteiger partial charge >= 0.3 is 6.18 Å². The summed E-state index contributed by atoms with van der Waals surface area (Å²) in [4.78, 5) is 17.7. The van der Waals surface area contributed by atoms with E-state index in [4.69, 9.17) is 11.6 Å². The van der Waals surface area contributed by atoms with Crippen LogP contribution in [0.5, 0.6) is 0 Å². The molecule has 1 aliphatic heterocycles. The quantitative estimate of drug-likeness (QED) is 0.608. The SMILES string of the molecule is CN(C(=O)C1CCSCC1)[C@@H](c1ccc(NC2Cc3cccc(Cl)c3C2)cn1)C(F)(F)F. The summed E-state index contributed by atoms with van der Waals surface area (Å²) >= 11 is 8.00. The van der Waals surface area contributed by atoms with Gasteiger partial charge in [0.05, 0.1) is 17.6 Å². The van der Waals surface area contributed by atoms with Gasteiger partial charge in [-0.05, 0) is 66.5 Å². The minimum atomic E-state index is -4.61. The number of anilines is 1. The highest BCUT2D eigenvalue weighted by Gasteiger charge is 2.47. The van der Waals surface area contributed by atoms with Crippen LogP contribution in [0, 0.1) is 5.92 Å². The van der Waals surface area contributed by atoms with Gasteiger partial charge in [0.15, 0.2) is 6.04 Å². The fourth-order valence-electron chi connectivity index (χ4n) is 4.54. The molecule has 1 aromatic carbocycles. The summed E-state index contributed by atoms with van der Waals surface area (Å²) in [6, 6.07) is 6.81. The van der Waals surface area contributed by atoms with E-state index >= 15 is 0 Å². The Hall–Kier alpha value is -1.93. The third kappa shape index (κ3) is 5.01. The first-order valence-electron chi connectivity index (χ1n) is 10.6. The van der Waals surface area contributed by atoms with Crippen LogP contribution in [-0.4, -0.2) is 46.6 Å². The monoisotopic (exact) mass is 483 g/mol. The Labute approximate surface area is 194 Å². The standard InChI is InChI=1S/C23H25ClF3N3OS/c1-30(22(31)14-7-9-32-10-8-14)21(23(25,26)27)20-6-5-16(13-28-20)29-17-11-15-3-2-4-19(24)18(15)12-17/h2-6,13-14,17,21,29H,7-12H2,1H3/t17?,21-/m0/s1. The molecule has 4 rings (SSSR count). The third-order valence-electron chi connectivity index (χ3n) is 6.19. The molecule has 2 aliphatic rings. The van der Waals surface area contributed by atoms with Crippen LogP contribution in [0.1, 0.15) is 35.7 Å². The Kier molecular flexibility index (Phi) is 6.91. The number of amides is 1. The van der Waals surface area contributed by atoms with Crippen molar-refractivity contribution in [3.05, 3.63) is 58.4 Å². The number of benzene rings is 1.